The Labute approximate surface area is 296 Å². The van der Waals surface area contributed by atoms with E-state index in [4.69, 9.17) is 9.72 Å². The van der Waals surface area contributed by atoms with Gasteiger partial charge >= 0.3 is 0 Å². The van der Waals surface area contributed by atoms with E-state index in [0.717, 1.165) is 54.1 Å². The molecule has 0 saturated carbocycles. The van der Waals surface area contributed by atoms with Gasteiger partial charge in [0.25, 0.3) is 15.9 Å². The number of benzene rings is 2. The number of carbonyl (C=O) groups excluding carboxylic acids is 1. The average molecular weight is 697 g/mol. The summed E-state index contributed by atoms with van der Waals surface area (Å²) in [4.78, 5) is 32.8. The normalized spacial score (nSPS) is 19.0. The van der Waals surface area contributed by atoms with Crippen molar-refractivity contribution in [2.45, 2.75) is 85.2 Å². The molecule has 1 amide bonds. The van der Waals surface area contributed by atoms with E-state index in [9.17, 15) is 13.2 Å². The Bertz CT molecular complexity index is 1980. The fourth-order valence-corrected chi connectivity index (χ4v) is 7.78. The van der Waals surface area contributed by atoms with E-state index >= 15 is 0 Å². The molecule has 50 heavy (non-hydrogen) atoms. The molecule has 0 unspecified atom stereocenters. The molecule has 1 saturated heterocycles. The van der Waals surface area contributed by atoms with Gasteiger partial charge in [0.05, 0.1) is 28.9 Å². The predicted molar refractivity (Wildman–Crippen MR) is 197 cm³/mol. The van der Waals surface area contributed by atoms with Crippen LogP contribution in [0.2, 0.25) is 0 Å². The van der Waals surface area contributed by atoms with E-state index in [2.05, 4.69) is 54.2 Å². The summed E-state index contributed by atoms with van der Waals surface area (Å²) in [6.45, 7) is 17.2. The number of aryl methyl sites for hydroxylation is 2. The fraction of sp³-hybridized carbons (Fsp3) is 0.436. The first-order chi connectivity index (χ1) is 23.6. The first kappa shape index (κ1) is 35.3. The molecular formula is C39H48N6O4S. The van der Waals surface area contributed by atoms with Gasteiger partial charge in [0, 0.05) is 30.3 Å². The third kappa shape index (κ3) is 8.09. The number of hydrogen-bond donors (Lipinski definition) is 1. The van der Waals surface area contributed by atoms with Gasteiger partial charge in [-0.1, -0.05) is 65.0 Å². The minimum absolute atomic E-state index is 0.0633. The monoisotopic (exact) mass is 696 g/mol. The Balaban J connectivity index is 1.44. The largest absolute Gasteiger partial charge is 0.475 e. The van der Waals surface area contributed by atoms with Crippen LogP contribution in [-0.4, -0.2) is 59.9 Å². The lowest BCUT2D eigenvalue weighted by Gasteiger charge is -2.38. The minimum Gasteiger partial charge on any atom is -0.475 e. The number of ether oxygens (including phenoxy) is 1. The molecule has 4 heterocycles. The molecule has 1 N–H and O–H groups in total. The van der Waals surface area contributed by atoms with Gasteiger partial charge in [-0.15, -0.1) is 0 Å². The van der Waals surface area contributed by atoms with Crippen LogP contribution in [-0.2, 0) is 16.6 Å². The quantitative estimate of drug-likeness (QED) is 0.229. The van der Waals surface area contributed by atoms with E-state index in [-0.39, 0.29) is 46.8 Å². The number of aromatic nitrogens is 3. The number of anilines is 2. The third-order valence-electron chi connectivity index (χ3n) is 9.60. The van der Waals surface area contributed by atoms with Crippen LogP contribution in [0.3, 0.4) is 0 Å². The SMILES string of the molecule is Cc1cccc(C)c1-c1cc2nc(n1)NS(=O)(=O)c1cccc(c1)C(=O)N(Cc1cccc(N3CCC(C)(C)CC3)n1)[C@H](CC(C)(C)C)CO2. The molecule has 11 heteroatoms. The molecule has 0 spiro atoms. The molecule has 2 aromatic heterocycles. The lowest BCUT2D eigenvalue weighted by atomic mass is 9.83. The number of fused-ring (bicyclic) bond motifs is 4. The smallest absolute Gasteiger partial charge is 0.264 e. The van der Waals surface area contributed by atoms with Crippen molar-refractivity contribution >= 4 is 27.7 Å². The number of sulfonamides is 1. The van der Waals surface area contributed by atoms with Crippen molar-refractivity contribution in [3.8, 4) is 17.1 Å². The Morgan fingerprint density at radius 2 is 1.60 bits per heavy atom. The number of hydrogen-bond acceptors (Lipinski definition) is 8. The van der Waals surface area contributed by atoms with Crippen LogP contribution in [0.1, 0.15) is 81.1 Å². The van der Waals surface area contributed by atoms with Crippen LogP contribution in [0, 0.1) is 24.7 Å². The van der Waals surface area contributed by atoms with Crippen molar-refractivity contribution in [1.82, 2.24) is 19.9 Å². The van der Waals surface area contributed by atoms with Gasteiger partial charge < -0.3 is 14.5 Å². The molecule has 6 rings (SSSR count). The molecule has 4 bridgehead atoms. The standard InChI is InChI=1S/C39H48N6O4S/c1-26-11-8-12-27(2)35(26)32-22-34-42-37(41-32)43-50(47,48)31-15-9-13-28(21-31)36(46)45(30(25-49-34)23-38(3,4)5)24-29-14-10-16-33(40-29)44-19-17-39(6,7)18-20-44/h8-16,21-22,30H,17-20,23-25H2,1-7H3,(H,41,42,43)/t30-/m1/s1. The van der Waals surface area contributed by atoms with E-state index in [1.54, 1.807) is 23.1 Å². The number of carbonyl (C=O) groups is 1. The summed E-state index contributed by atoms with van der Waals surface area (Å²) < 4.78 is 36.5. The fourth-order valence-electron chi connectivity index (χ4n) is 6.79. The zero-order chi connectivity index (χ0) is 35.8. The topological polar surface area (TPSA) is 118 Å². The second kappa shape index (κ2) is 13.7. The molecule has 0 aliphatic carbocycles. The first-order valence-corrected chi connectivity index (χ1v) is 18.8. The second-order valence-electron chi connectivity index (χ2n) is 15.6. The molecule has 4 aromatic rings. The van der Waals surface area contributed by atoms with E-state index in [0.29, 0.717) is 17.5 Å². The predicted octanol–water partition coefficient (Wildman–Crippen LogP) is 7.42. The highest BCUT2D eigenvalue weighted by Gasteiger charge is 2.32. The van der Waals surface area contributed by atoms with E-state index in [1.807, 2.05) is 50.2 Å². The molecule has 0 radical (unpaired) electrons. The Hall–Kier alpha value is -4.51. The van der Waals surface area contributed by atoms with Crippen LogP contribution >= 0.6 is 0 Å². The Morgan fingerprint density at radius 1 is 0.920 bits per heavy atom. The molecule has 2 aliphatic heterocycles. The maximum Gasteiger partial charge on any atom is 0.264 e. The molecule has 1 fully saturated rings. The van der Waals surface area contributed by atoms with Crippen LogP contribution in [0.25, 0.3) is 11.3 Å². The lowest BCUT2D eigenvalue weighted by molar-refractivity contribution is 0.0509. The first-order valence-electron chi connectivity index (χ1n) is 17.3. The lowest BCUT2D eigenvalue weighted by Crippen LogP contribution is -2.45. The van der Waals surface area contributed by atoms with Crippen LogP contribution in [0.15, 0.2) is 71.6 Å². The highest BCUT2D eigenvalue weighted by molar-refractivity contribution is 7.92. The number of pyridine rings is 1. The summed E-state index contributed by atoms with van der Waals surface area (Å²) in [7, 11) is -4.17. The van der Waals surface area contributed by atoms with Crippen molar-refractivity contribution in [3.05, 3.63) is 89.1 Å². The highest BCUT2D eigenvalue weighted by atomic mass is 32.2. The molecule has 1 atom stereocenters. The molecular weight excluding hydrogens is 649 g/mol. The van der Waals surface area contributed by atoms with Crippen molar-refractivity contribution in [3.63, 3.8) is 0 Å². The Kier molecular flexibility index (Phi) is 9.65. The van der Waals surface area contributed by atoms with Gasteiger partial charge in [-0.3, -0.25) is 4.79 Å². The van der Waals surface area contributed by atoms with Gasteiger partial charge in [-0.2, -0.15) is 4.98 Å². The van der Waals surface area contributed by atoms with Gasteiger partial charge in [-0.05, 0) is 85.4 Å². The van der Waals surface area contributed by atoms with E-state index in [1.165, 1.54) is 12.1 Å². The highest BCUT2D eigenvalue weighted by Crippen LogP contribution is 2.33. The number of rotatable bonds is 5. The van der Waals surface area contributed by atoms with Crippen LogP contribution < -0.4 is 14.4 Å². The summed E-state index contributed by atoms with van der Waals surface area (Å²) in [5.74, 6) is 0.690. The zero-order valence-electron chi connectivity index (χ0n) is 30.2. The van der Waals surface area contributed by atoms with Crippen LogP contribution in [0.5, 0.6) is 5.88 Å². The number of amides is 1. The van der Waals surface area contributed by atoms with Crippen molar-refractivity contribution in [2.24, 2.45) is 10.8 Å². The molecule has 10 nitrogen and oxygen atoms in total. The van der Waals surface area contributed by atoms with Gasteiger partial charge in [-0.25, -0.2) is 23.1 Å². The summed E-state index contributed by atoms with van der Waals surface area (Å²) >= 11 is 0. The summed E-state index contributed by atoms with van der Waals surface area (Å²) in [6, 6.07) is 19.4. The number of nitrogens with zero attached hydrogens (tertiary/aromatic N) is 5. The van der Waals surface area contributed by atoms with E-state index < -0.39 is 16.1 Å². The second-order valence-corrected chi connectivity index (χ2v) is 17.3. The molecule has 264 valence electrons. The van der Waals surface area contributed by atoms with Crippen molar-refractivity contribution in [2.75, 3.05) is 29.3 Å². The third-order valence-corrected chi connectivity index (χ3v) is 10.9. The van der Waals surface area contributed by atoms with Crippen molar-refractivity contribution in [1.29, 1.82) is 0 Å². The maximum atomic E-state index is 14.6. The average Bonchev–Trinajstić information content (AvgIpc) is 3.04. The van der Waals surface area contributed by atoms with Gasteiger partial charge in [0.15, 0.2) is 0 Å². The molecule has 2 aromatic carbocycles. The van der Waals surface area contributed by atoms with Crippen molar-refractivity contribution < 1.29 is 17.9 Å². The molecule has 2 aliphatic rings. The number of piperidine rings is 1. The maximum absolute atomic E-state index is 14.6. The summed E-state index contributed by atoms with van der Waals surface area (Å²) in [5.41, 5.74) is 4.51. The van der Waals surface area contributed by atoms with Gasteiger partial charge in [0.2, 0.25) is 11.8 Å². The summed E-state index contributed by atoms with van der Waals surface area (Å²) in [6.07, 6.45) is 2.77. The van der Waals surface area contributed by atoms with Gasteiger partial charge in [0.1, 0.15) is 12.4 Å². The number of nitrogens with one attached hydrogen (secondary N) is 1. The minimum atomic E-state index is -4.17. The summed E-state index contributed by atoms with van der Waals surface area (Å²) in [5, 5.41) is 0. The van der Waals surface area contributed by atoms with Crippen LogP contribution in [0.4, 0.5) is 11.8 Å². The Morgan fingerprint density at radius 3 is 2.30 bits per heavy atom. The zero-order valence-corrected chi connectivity index (χ0v) is 31.0.